The summed E-state index contributed by atoms with van der Waals surface area (Å²) in [5.41, 5.74) is -0.109. The molecule has 1 aliphatic rings. The third-order valence-electron chi connectivity index (χ3n) is 2.75. The topological polar surface area (TPSA) is 40.0 Å². The van der Waals surface area contributed by atoms with Crippen molar-refractivity contribution in [2.24, 2.45) is 0 Å². The minimum Gasteiger partial charge on any atom is -0.349 e. The molecule has 1 aromatic heterocycles. The van der Waals surface area contributed by atoms with Gasteiger partial charge in [0.25, 0.3) is 0 Å². The fraction of sp³-hybridized carbons (Fsp3) is 0.600. The zero-order valence-electron chi connectivity index (χ0n) is 8.58. The van der Waals surface area contributed by atoms with Crippen LogP contribution in [-0.4, -0.2) is 22.3 Å². The van der Waals surface area contributed by atoms with Crippen LogP contribution >= 0.6 is 11.3 Å². The summed E-state index contributed by atoms with van der Waals surface area (Å²) in [6, 6.07) is 0. The standard InChI is InChI=1S/C10H15N3S/c1-10(2,9-12-5-7-14-9)13-6-3-4-8(13)11/h5,7,11H,3-4,6H2,1-2H3. The van der Waals surface area contributed by atoms with Gasteiger partial charge in [-0.05, 0) is 20.3 Å². The van der Waals surface area contributed by atoms with Gasteiger partial charge in [-0.25, -0.2) is 4.98 Å². The summed E-state index contributed by atoms with van der Waals surface area (Å²) >= 11 is 1.67. The van der Waals surface area contributed by atoms with E-state index in [9.17, 15) is 0 Å². The lowest BCUT2D eigenvalue weighted by atomic mass is 10.0. The predicted octanol–water partition coefficient (Wildman–Crippen LogP) is 2.45. The molecular formula is C10H15N3S. The Kier molecular flexibility index (Phi) is 2.31. The molecule has 76 valence electrons. The molecular weight excluding hydrogens is 194 g/mol. The normalized spacial score (nSPS) is 17.9. The monoisotopic (exact) mass is 209 g/mol. The van der Waals surface area contributed by atoms with Gasteiger partial charge in [-0.2, -0.15) is 0 Å². The molecule has 0 amide bonds. The highest BCUT2D eigenvalue weighted by Crippen LogP contribution is 2.32. The van der Waals surface area contributed by atoms with E-state index in [0.29, 0.717) is 0 Å². The van der Waals surface area contributed by atoms with Gasteiger partial charge in [0.1, 0.15) is 5.01 Å². The Morgan fingerprint density at radius 2 is 2.36 bits per heavy atom. The van der Waals surface area contributed by atoms with Crippen molar-refractivity contribution >= 4 is 17.2 Å². The fourth-order valence-corrected chi connectivity index (χ4v) is 2.70. The molecule has 1 fully saturated rings. The third-order valence-corrected chi connectivity index (χ3v) is 3.84. The highest BCUT2D eigenvalue weighted by molar-refractivity contribution is 7.09. The van der Waals surface area contributed by atoms with Gasteiger partial charge in [-0.3, -0.25) is 5.41 Å². The molecule has 2 rings (SSSR count). The summed E-state index contributed by atoms with van der Waals surface area (Å²) in [4.78, 5) is 6.51. The Morgan fingerprint density at radius 1 is 1.57 bits per heavy atom. The average molecular weight is 209 g/mol. The Morgan fingerprint density at radius 3 is 2.86 bits per heavy atom. The minimum absolute atomic E-state index is 0.109. The van der Waals surface area contributed by atoms with Gasteiger partial charge in [0.05, 0.1) is 11.4 Å². The predicted molar refractivity (Wildman–Crippen MR) is 58.8 cm³/mol. The van der Waals surface area contributed by atoms with Crippen LogP contribution in [0.2, 0.25) is 0 Å². The van der Waals surface area contributed by atoms with Crippen molar-refractivity contribution in [3.63, 3.8) is 0 Å². The molecule has 0 unspecified atom stereocenters. The van der Waals surface area contributed by atoms with E-state index in [1.54, 1.807) is 11.3 Å². The zero-order chi connectivity index (χ0) is 10.2. The van der Waals surface area contributed by atoms with E-state index in [1.807, 2.05) is 11.6 Å². The van der Waals surface area contributed by atoms with Gasteiger partial charge < -0.3 is 4.90 Å². The number of aromatic nitrogens is 1. The van der Waals surface area contributed by atoms with Gasteiger partial charge in [0.2, 0.25) is 0 Å². The van der Waals surface area contributed by atoms with Crippen molar-refractivity contribution in [1.29, 1.82) is 5.41 Å². The summed E-state index contributed by atoms with van der Waals surface area (Å²) in [6.07, 6.45) is 3.85. The van der Waals surface area contributed by atoms with Crippen LogP contribution < -0.4 is 0 Å². The van der Waals surface area contributed by atoms with Crippen molar-refractivity contribution in [2.75, 3.05) is 6.54 Å². The summed E-state index contributed by atoms with van der Waals surface area (Å²) in [5.74, 6) is 0.755. The quantitative estimate of drug-likeness (QED) is 0.812. The molecule has 0 saturated carbocycles. The molecule has 0 aromatic carbocycles. The maximum Gasteiger partial charge on any atom is 0.118 e. The van der Waals surface area contributed by atoms with Crippen molar-refractivity contribution < 1.29 is 0 Å². The summed E-state index contributed by atoms with van der Waals surface area (Å²) in [7, 11) is 0. The van der Waals surface area contributed by atoms with Gasteiger partial charge >= 0.3 is 0 Å². The Hall–Kier alpha value is -0.900. The molecule has 0 aliphatic carbocycles. The van der Waals surface area contributed by atoms with E-state index in [-0.39, 0.29) is 5.54 Å². The SMILES string of the molecule is CC(C)(c1nccs1)N1CCCC1=N. The molecule has 0 atom stereocenters. The Labute approximate surface area is 88.3 Å². The van der Waals surface area contributed by atoms with Crippen LogP contribution in [0.4, 0.5) is 0 Å². The van der Waals surface area contributed by atoms with Gasteiger partial charge in [0, 0.05) is 24.5 Å². The van der Waals surface area contributed by atoms with E-state index in [1.165, 1.54) is 0 Å². The molecule has 1 saturated heterocycles. The first-order chi connectivity index (χ1) is 6.62. The van der Waals surface area contributed by atoms with Gasteiger partial charge in [-0.15, -0.1) is 11.3 Å². The van der Waals surface area contributed by atoms with E-state index < -0.39 is 0 Å². The molecule has 4 heteroatoms. The molecule has 0 bridgehead atoms. The van der Waals surface area contributed by atoms with Crippen LogP contribution in [0.5, 0.6) is 0 Å². The summed E-state index contributed by atoms with van der Waals surface area (Å²) in [5, 5.41) is 11.0. The van der Waals surface area contributed by atoms with Crippen molar-refractivity contribution in [3.8, 4) is 0 Å². The zero-order valence-corrected chi connectivity index (χ0v) is 9.40. The first-order valence-corrected chi connectivity index (χ1v) is 5.75. The molecule has 14 heavy (non-hydrogen) atoms. The van der Waals surface area contributed by atoms with Crippen molar-refractivity contribution in [1.82, 2.24) is 9.88 Å². The molecule has 1 aliphatic heterocycles. The molecule has 1 N–H and O–H groups in total. The molecule has 1 aromatic rings. The number of amidine groups is 1. The molecule has 3 nitrogen and oxygen atoms in total. The van der Waals surface area contributed by atoms with Crippen LogP contribution in [0.3, 0.4) is 0 Å². The number of likely N-dealkylation sites (tertiary alicyclic amines) is 1. The largest absolute Gasteiger partial charge is 0.349 e. The van der Waals surface area contributed by atoms with E-state index in [2.05, 4.69) is 23.7 Å². The molecule has 2 heterocycles. The number of hydrogen-bond acceptors (Lipinski definition) is 3. The number of thiazole rings is 1. The smallest absolute Gasteiger partial charge is 0.118 e. The van der Waals surface area contributed by atoms with E-state index >= 15 is 0 Å². The van der Waals surface area contributed by atoms with Crippen molar-refractivity contribution in [3.05, 3.63) is 16.6 Å². The van der Waals surface area contributed by atoms with Crippen LogP contribution in [0, 0.1) is 5.41 Å². The lowest BCUT2D eigenvalue weighted by Gasteiger charge is -2.35. The second-order valence-corrected chi connectivity index (χ2v) is 4.99. The lowest BCUT2D eigenvalue weighted by Crippen LogP contribution is -2.41. The van der Waals surface area contributed by atoms with Gasteiger partial charge in [-0.1, -0.05) is 0 Å². The summed E-state index contributed by atoms with van der Waals surface area (Å²) in [6.45, 7) is 5.28. The van der Waals surface area contributed by atoms with Crippen LogP contribution in [0.1, 0.15) is 31.7 Å². The first kappa shape index (κ1) is 9.65. The van der Waals surface area contributed by atoms with Crippen molar-refractivity contribution in [2.45, 2.75) is 32.2 Å². The summed E-state index contributed by atoms with van der Waals surface area (Å²) < 4.78 is 0. The fourth-order valence-electron chi connectivity index (χ4n) is 1.93. The highest BCUT2D eigenvalue weighted by atomic mass is 32.1. The number of hydrogen-bond donors (Lipinski definition) is 1. The lowest BCUT2D eigenvalue weighted by molar-refractivity contribution is 0.232. The maximum atomic E-state index is 7.87. The Bertz CT molecular complexity index is 329. The van der Waals surface area contributed by atoms with Crippen LogP contribution in [-0.2, 0) is 5.54 Å². The molecule has 0 spiro atoms. The second kappa shape index (κ2) is 3.35. The number of nitrogens with zero attached hydrogens (tertiary/aromatic N) is 2. The third kappa shape index (κ3) is 1.43. The highest BCUT2D eigenvalue weighted by Gasteiger charge is 2.35. The Balaban J connectivity index is 2.27. The molecule has 0 radical (unpaired) electrons. The number of nitrogens with one attached hydrogen (secondary N) is 1. The average Bonchev–Trinajstić information content (AvgIpc) is 2.72. The number of rotatable bonds is 2. The van der Waals surface area contributed by atoms with Crippen LogP contribution in [0.25, 0.3) is 0 Å². The van der Waals surface area contributed by atoms with Crippen LogP contribution in [0.15, 0.2) is 11.6 Å². The van der Waals surface area contributed by atoms with E-state index in [4.69, 9.17) is 5.41 Å². The minimum atomic E-state index is -0.109. The maximum absolute atomic E-state index is 7.87. The van der Waals surface area contributed by atoms with E-state index in [0.717, 1.165) is 30.2 Å². The van der Waals surface area contributed by atoms with Gasteiger partial charge in [0.15, 0.2) is 0 Å². The first-order valence-electron chi connectivity index (χ1n) is 4.87. The second-order valence-electron chi connectivity index (χ2n) is 4.10.